The predicted molar refractivity (Wildman–Crippen MR) is 89.0 cm³/mol. The van der Waals surface area contributed by atoms with Crippen LogP contribution >= 0.6 is 11.6 Å². The quantitative estimate of drug-likeness (QED) is 0.837. The van der Waals surface area contributed by atoms with Crippen molar-refractivity contribution in [1.29, 1.82) is 0 Å². The van der Waals surface area contributed by atoms with Gasteiger partial charge in [-0.3, -0.25) is 4.79 Å². The molecule has 1 aromatic heterocycles. The normalized spacial score (nSPS) is 11.7. The summed E-state index contributed by atoms with van der Waals surface area (Å²) in [7, 11) is 4.28. The molecule has 0 saturated heterocycles. The number of nitrogens with one attached hydrogen (secondary N) is 1. The molecule has 1 unspecified atom stereocenters. The van der Waals surface area contributed by atoms with Gasteiger partial charge in [0.15, 0.2) is 5.76 Å². The maximum atomic E-state index is 12.0. The van der Waals surface area contributed by atoms with Crippen molar-refractivity contribution in [3.63, 3.8) is 0 Å². The Kier molecular flexibility index (Phi) is 5.51. The van der Waals surface area contributed by atoms with Crippen molar-refractivity contribution in [3.05, 3.63) is 51.9 Å². The van der Waals surface area contributed by atoms with E-state index in [1.165, 1.54) is 27.3 Å². The number of carbonyl (C=O) groups is 2. The highest BCUT2D eigenvalue weighted by Crippen LogP contribution is 2.34. The molecule has 0 fully saturated rings. The fourth-order valence-electron chi connectivity index (χ4n) is 2.33. The fourth-order valence-corrected chi connectivity index (χ4v) is 2.60. The van der Waals surface area contributed by atoms with E-state index in [0.717, 1.165) is 5.56 Å². The molecule has 0 aliphatic heterocycles. The second-order valence-electron chi connectivity index (χ2n) is 5.07. The number of esters is 1. The standard InChI is InChI=1S/C17H18ClNO5/c1-9(10-5-6-13(22-3)12(18)7-10)15-11(17(21)23-4)8-14(24-15)16(20)19-2/h5-9H,1-4H3,(H,19,20). The third-order valence-corrected chi connectivity index (χ3v) is 3.98. The number of rotatable bonds is 5. The fraction of sp³-hybridized carbons (Fsp3) is 0.294. The van der Waals surface area contributed by atoms with Crippen LogP contribution in [0.4, 0.5) is 0 Å². The number of hydrogen-bond acceptors (Lipinski definition) is 5. The van der Waals surface area contributed by atoms with Crippen LogP contribution in [0.1, 0.15) is 45.1 Å². The minimum absolute atomic E-state index is 0.0411. The summed E-state index contributed by atoms with van der Waals surface area (Å²) < 4.78 is 15.5. The molecule has 0 bridgehead atoms. The molecule has 0 aliphatic carbocycles. The summed E-state index contributed by atoms with van der Waals surface area (Å²) in [5, 5.41) is 2.90. The summed E-state index contributed by atoms with van der Waals surface area (Å²) in [4.78, 5) is 23.8. The molecule has 1 atom stereocenters. The van der Waals surface area contributed by atoms with E-state index in [4.69, 9.17) is 25.5 Å². The molecule has 2 aromatic rings. The van der Waals surface area contributed by atoms with Crippen molar-refractivity contribution in [2.45, 2.75) is 12.8 Å². The third-order valence-electron chi connectivity index (χ3n) is 3.69. The van der Waals surface area contributed by atoms with Crippen molar-refractivity contribution in [2.24, 2.45) is 0 Å². The first kappa shape index (κ1) is 17.9. The van der Waals surface area contributed by atoms with Crippen LogP contribution < -0.4 is 10.1 Å². The summed E-state index contributed by atoms with van der Waals surface area (Å²) in [5.41, 5.74) is 1.01. The highest BCUT2D eigenvalue weighted by Gasteiger charge is 2.26. The van der Waals surface area contributed by atoms with Gasteiger partial charge in [0, 0.05) is 19.0 Å². The summed E-state index contributed by atoms with van der Waals surface area (Å²) >= 11 is 6.16. The maximum absolute atomic E-state index is 12.0. The molecule has 0 saturated carbocycles. The summed E-state index contributed by atoms with van der Waals surface area (Å²) in [5.74, 6) is -0.394. The van der Waals surface area contributed by atoms with E-state index in [2.05, 4.69) is 5.32 Å². The highest BCUT2D eigenvalue weighted by atomic mass is 35.5. The number of amides is 1. The van der Waals surface area contributed by atoms with Gasteiger partial charge in [-0.15, -0.1) is 0 Å². The summed E-state index contributed by atoms with van der Waals surface area (Å²) in [6.07, 6.45) is 0. The minimum Gasteiger partial charge on any atom is -0.495 e. The van der Waals surface area contributed by atoms with Crippen LogP contribution in [0.2, 0.25) is 5.02 Å². The van der Waals surface area contributed by atoms with E-state index in [1.54, 1.807) is 12.1 Å². The molecule has 1 aromatic carbocycles. The first-order valence-corrected chi connectivity index (χ1v) is 7.58. The van der Waals surface area contributed by atoms with Gasteiger partial charge in [0.05, 0.1) is 19.2 Å². The van der Waals surface area contributed by atoms with Crippen LogP contribution in [-0.2, 0) is 4.74 Å². The summed E-state index contributed by atoms with van der Waals surface area (Å²) in [6.45, 7) is 1.84. The molecule has 1 amide bonds. The molecule has 1 heterocycles. The van der Waals surface area contributed by atoms with E-state index >= 15 is 0 Å². The van der Waals surface area contributed by atoms with Crippen molar-refractivity contribution >= 4 is 23.5 Å². The second-order valence-corrected chi connectivity index (χ2v) is 5.48. The largest absolute Gasteiger partial charge is 0.495 e. The highest BCUT2D eigenvalue weighted by molar-refractivity contribution is 6.32. The molecule has 24 heavy (non-hydrogen) atoms. The van der Waals surface area contributed by atoms with Gasteiger partial charge in [-0.05, 0) is 17.7 Å². The van der Waals surface area contributed by atoms with E-state index in [1.807, 2.05) is 13.0 Å². The van der Waals surface area contributed by atoms with Gasteiger partial charge in [0.2, 0.25) is 0 Å². The molecule has 0 spiro atoms. The van der Waals surface area contributed by atoms with Gasteiger partial charge in [0.25, 0.3) is 5.91 Å². The van der Waals surface area contributed by atoms with Crippen molar-refractivity contribution in [2.75, 3.05) is 21.3 Å². The second kappa shape index (κ2) is 7.40. The lowest BCUT2D eigenvalue weighted by molar-refractivity contribution is 0.0597. The van der Waals surface area contributed by atoms with Crippen molar-refractivity contribution in [1.82, 2.24) is 5.32 Å². The van der Waals surface area contributed by atoms with Gasteiger partial charge in [-0.1, -0.05) is 24.6 Å². The van der Waals surface area contributed by atoms with Crippen LogP contribution in [0.25, 0.3) is 0 Å². The molecular formula is C17H18ClNO5. The zero-order chi connectivity index (χ0) is 17.9. The van der Waals surface area contributed by atoms with Gasteiger partial charge in [-0.25, -0.2) is 4.79 Å². The third kappa shape index (κ3) is 3.38. The zero-order valence-electron chi connectivity index (χ0n) is 13.8. The van der Waals surface area contributed by atoms with Gasteiger partial charge in [-0.2, -0.15) is 0 Å². The molecular weight excluding hydrogens is 334 g/mol. The Bertz CT molecular complexity index is 768. The molecule has 128 valence electrons. The van der Waals surface area contributed by atoms with E-state index in [-0.39, 0.29) is 17.2 Å². The number of hydrogen-bond donors (Lipinski definition) is 1. The smallest absolute Gasteiger partial charge is 0.341 e. The molecule has 7 heteroatoms. The minimum atomic E-state index is -0.574. The lowest BCUT2D eigenvalue weighted by Crippen LogP contribution is -2.16. The molecule has 2 rings (SSSR count). The average molecular weight is 352 g/mol. The Morgan fingerprint density at radius 2 is 1.96 bits per heavy atom. The van der Waals surface area contributed by atoms with Crippen LogP contribution in [0.3, 0.4) is 0 Å². The Hall–Kier alpha value is -2.47. The molecule has 1 N–H and O–H groups in total. The van der Waals surface area contributed by atoms with E-state index < -0.39 is 11.9 Å². The van der Waals surface area contributed by atoms with E-state index in [0.29, 0.717) is 16.5 Å². The molecule has 0 radical (unpaired) electrons. The lowest BCUT2D eigenvalue weighted by atomic mass is 9.96. The monoisotopic (exact) mass is 351 g/mol. The van der Waals surface area contributed by atoms with Crippen molar-refractivity contribution in [3.8, 4) is 5.75 Å². The Balaban J connectivity index is 2.49. The molecule has 0 aliphatic rings. The van der Waals surface area contributed by atoms with Crippen LogP contribution in [0.15, 0.2) is 28.7 Å². The molecule has 6 nitrogen and oxygen atoms in total. The van der Waals surface area contributed by atoms with Gasteiger partial charge in [0.1, 0.15) is 17.1 Å². The predicted octanol–water partition coefficient (Wildman–Crippen LogP) is 3.24. The van der Waals surface area contributed by atoms with Crippen LogP contribution in [0.5, 0.6) is 5.75 Å². The average Bonchev–Trinajstić information content (AvgIpc) is 3.04. The van der Waals surface area contributed by atoms with Crippen LogP contribution in [0, 0.1) is 0 Å². The lowest BCUT2D eigenvalue weighted by Gasteiger charge is -2.13. The van der Waals surface area contributed by atoms with Gasteiger partial charge < -0.3 is 19.2 Å². The number of carbonyl (C=O) groups excluding carboxylic acids is 2. The number of methoxy groups -OCH3 is 2. The topological polar surface area (TPSA) is 77.8 Å². The zero-order valence-corrected chi connectivity index (χ0v) is 14.6. The Morgan fingerprint density at radius 1 is 1.25 bits per heavy atom. The Morgan fingerprint density at radius 3 is 2.50 bits per heavy atom. The number of benzene rings is 1. The van der Waals surface area contributed by atoms with Crippen LogP contribution in [-0.4, -0.2) is 33.1 Å². The first-order valence-electron chi connectivity index (χ1n) is 7.20. The number of furan rings is 1. The summed E-state index contributed by atoms with van der Waals surface area (Å²) in [6, 6.07) is 6.66. The van der Waals surface area contributed by atoms with E-state index in [9.17, 15) is 9.59 Å². The SMILES string of the molecule is CNC(=O)c1cc(C(=O)OC)c(C(C)c2ccc(OC)c(Cl)c2)o1. The number of ether oxygens (including phenoxy) is 2. The van der Waals surface area contributed by atoms with Gasteiger partial charge >= 0.3 is 5.97 Å². The van der Waals surface area contributed by atoms with Crippen molar-refractivity contribution < 1.29 is 23.5 Å². The Labute approximate surface area is 144 Å². The maximum Gasteiger partial charge on any atom is 0.341 e. The number of halogens is 1. The first-order chi connectivity index (χ1) is 11.4.